The second-order valence-corrected chi connectivity index (χ2v) is 5.16. The van der Waals surface area contributed by atoms with Crippen LogP contribution in [0.15, 0.2) is 33.5 Å². The van der Waals surface area contributed by atoms with Crippen molar-refractivity contribution in [3.63, 3.8) is 0 Å². The van der Waals surface area contributed by atoms with Gasteiger partial charge in [-0.2, -0.15) is 0 Å². The van der Waals surface area contributed by atoms with Crippen molar-refractivity contribution in [3.05, 3.63) is 57.4 Å². The minimum Gasteiger partial charge on any atom is -0.465 e. The summed E-state index contributed by atoms with van der Waals surface area (Å²) in [5, 5.41) is 3.52. The molecule has 0 aliphatic heterocycles. The first-order valence-electron chi connectivity index (χ1n) is 6.70. The van der Waals surface area contributed by atoms with Crippen LogP contribution in [0.5, 0.6) is 0 Å². The highest BCUT2D eigenvalue weighted by Crippen LogP contribution is 2.18. The number of hydrogen-bond donors (Lipinski definition) is 2. The Labute approximate surface area is 111 Å². The van der Waals surface area contributed by atoms with Gasteiger partial charge in [0.25, 0.3) is 0 Å². The molecule has 0 radical (unpaired) electrons. The number of rotatable bonds is 3. The van der Waals surface area contributed by atoms with Crippen molar-refractivity contribution in [3.8, 4) is 0 Å². The van der Waals surface area contributed by atoms with Crippen molar-refractivity contribution in [2.45, 2.75) is 38.8 Å². The Morgan fingerprint density at radius 3 is 3.05 bits per heavy atom. The Morgan fingerprint density at radius 1 is 1.37 bits per heavy atom. The summed E-state index contributed by atoms with van der Waals surface area (Å²) in [6, 6.07) is 7.99. The molecule has 2 aromatic rings. The highest BCUT2D eigenvalue weighted by Gasteiger charge is 2.18. The first-order chi connectivity index (χ1) is 9.20. The van der Waals surface area contributed by atoms with E-state index in [2.05, 4.69) is 10.3 Å². The quantitative estimate of drug-likeness (QED) is 0.884. The molecule has 0 unspecified atom stereocenters. The van der Waals surface area contributed by atoms with E-state index in [-0.39, 0.29) is 5.56 Å². The zero-order valence-electron chi connectivity index (χ0n) is 11.0. The molecule has 0 bridgehead atoms. The van der Waals surface area contributed by atoms with E-state index in [4.69, 9.17) is 4.42 Å². The number of aromatic amines is 1. The molecule has 0 saturated carbocycles. The van der Waals surface area contributed by atoms with Crippen LogP contribution < -0.4 is 10.9 Å². The Hall–Kier alpha value is -1.81. The summed E-state index contributed by atoms with van der Waals surface area (Å²) in [6.45, 7) is 2.72. The van der Waals surface area contributed by atoms with E-state index >= 15 is 0 Å². The SMILES string of the molecule is Cc1ccc(CN[C@@H]2CCc3[nH]c(=O)ccc3C2)o1. The molecule has 0 spiro atoms. The minimum absolute atomic E-state index is 0.00350. The lowest BCUT2D eigenvalue weighted by atomic mass is 9.92. The topological polar surface area (TPSA) is 58.0 Å². The lowest BCUT2D eigenvalue weighted by molar-refractivity contribution is 0.406. The van der Waals surface area contributed by atoms with Gasteiger partial charge in [0.05, 0.1) is 6.54 Å². The smallest absolute Gasteiger partial charge is 0.248 e. The molecule has 0 saturated heterocycles. The molecule has 2 aromatic heterocycles. The van der Waals surface area contributed by atoms with Crippen molar-refractivity contribution in [2.75, 3.05) is 0 Å². The molecule has 1 aliphatic carbocycles. The third-order valence-corrected chi connectivity index (χ3v) is 3.67. The van der Waals surface area contributed by atoms with Gasteiger partial charge < -0.3 is 14.7 Å². The summed E-state index contributed by atoms with van der Waals surface area (Å²) < 4.78 is 5.55. The molecule has 0 aromatic carbocycles. The van der Waals surface area contributed by atoms with E-state index < -0.39 is 0 Å². The summed E-state index contributed by atoms with van der Waals surface area (Å²) in [7, 11) is 0. The van der Waals surface area contributed by atoms with Crippen LogP contribution in [0, 0.1) is 6.92 Å². The fourth-order valence-electron chi connectivity index (χ4n) is 2.65. The predicted octanol–water partition coefficient (Wildman–Crippen LogP) is 1.92. The zero-order valence-corrected chi connectivity index (χ0v) is 11.0. The lowest BCUT2D eigenvalue weighted by Gasteiger charge is -2.24. The van der Waals surface area contributed by atoms with Gasteiger partial charge >= 0.3 is 0 Å². The van der Waals surface area contributed by atoms with Crippen LogP contribution in [-0.4, -0.2) is 11.0 Å². The fourth-order valence-corrected chi connectivity index (χ4v) is 2.65. The van der Waals surface area contributed by atoms with E-state index in [9.17, 15) is 4.79 Å². The third-order valence-electron chi connectivity index (χ3n) is 3.67. The molecule has 2 N–H and O–H groups in total. The number of fused-ring (bicyclic) bond motifs is 1. The number of aromatic nitrogens is 1. The van der Waals surface area contributed by atoms with Gasteiger partial charge in [0.1, 0.15) is 11.5 Å². The second kappa shape index (κ2) is 5.05. The first-order valence-corrected chi connectivity index (χ1v) is 6.70. The number of nitrogens with one attached hydrogen (secondary N) is 2. The Morgan fingerprint density at radius 2 is 2.26 bits per heavy atom. The van der Waals surface area contributed by atoms with E-state index in [1.165, 1.54) is 5.56 Å². The molecule has 0 fully saturated rings. The van der Waals surface area contributed by atoms with Crippen LogP contribution in [0.1, 0.15) is 29.2 Å². The summed E-state index contributed by atoms with van der Waals surface area (Å²) in [4.78, 5) is 14.2. The van der Waals surface area contributed by atoms with Crippen LogP contribution in [0.25, 0.3) is 0 Å². The van der Waals surface area contributed by atoms with Crippen LogP contribution >= 0.6 is 0 Å². The van der Waals surface area contributed by atoms with Crippen LogP contribution in [0.2, 0.25) is 0 Å². The largest absolute Gasteiger partial charge is 0.465 e. The summed E-state index contributed by atoms with van der Waals surface area (Å²) in [5.41, 5.74) is 2.34. The van der Waals surface area contributed by atoms with E-state index in [0.717, 1.165) is 43.0 Å². The zero-order chi connectivity index (χ0) is 13.2. The first kappa shape index (κ1) is 12.2. The van der Waals surface area contributed by atoms with Crippen molar-refractivity contribution in [1.29, 1.82) is 0 Å². The predicted molar refractivity (Wildman–Crippen MR) is 73.2 cm³/mol. The number of pyridine rings is 1. The molecule has 0 amide bonds. The number of aryl methyl sites for hydroxylation is 2. The minimum atomic E-state index is -0.00350. The van der Waals surface area contributed by atoms with Gasteiger partial charge in [0, 0.05) is 17.8 Å². The third kappa shape index (κ3) is 2.79. The fraction of sp³-hybridized carbons (Fsp3) is 0.400. The van der Waals surface area contributed by atoms with Gasteiger partial charge in [-0.3, -0.25) is 4.79 Å². The van der Waals surface area contributed by atoms with Crippen molar-refractivity contribution >= 4 is 0 Å². The molecule has 2 heterocycles. The summed E-state index contributed by atoms with van der Waals surface area (Å²) in [6.07, 6.45) is 2.94. The highest BCUT2D eigenvalue weighted by molar-refractivity contribution is 5.24. The number of furan rings is 1. The van der Waals surface area contributed by atoms with Gasteiger partial charge in [-0.05, 0) is 43.9 Å². The van der Waals surface area contributed by atoms with Crippen LogP contribution in [0.4, 0.5) is 0 Å². The van der Waals surface area contributed by atoms with Gasteiger partial charge in [-0.1, -0.05) is 6.07 Å². The molecular weight excluding hydrogens is 240 g/mol. The molecule has 4 nitrogen and oxygen atoms in total. The van der Waals surface area contributed by atoms with E-state index in [1.54, 1.807) is 6.07 Å². The maximum atomic E-state index is 11.3. The Kier molecular flexibility index (Phi) is 3.25. The maximum absolute atomic E-state index is 11.3. The van der Waals surface area contributed by atoms with Crippen molar-refractivity contribution in [1.82, 2.24) is 10.3 Å². The van der Waals surface area contributed by atoms with Gasteiger partial charge in [-0.15, -0.1) is 0 Å². The van der Waals surface area contributed by atoms with Crippen LogP contribution in [-0.2, 0) is 19.4 Å². The molecule has 3 rings (SSSR count). The molecule has 1 aliphatic rings. The van der Waals surface area contributed by atoms with Crippen LogP contribution in [0.3, 0.4) is 0 Å². The standard InChI is InChI=1S/C15H18N2O2/c1-10-2-5-13(19-10)9-16-12-4-6-14-11(8-12)3-7-15(18)17-14/h2-3,5,7,12,16H,4,6,8-9H2,1H3,(H,17,18)/t12-/m1/s1. The Balaban J connectivity index is 1.62. The van der Waals surface area contributed by atoms with Gasteiger partial charge in [0.2, 0.25) is 5.56 Å². The molecule has 19 heavy (non-hydrogen) atoms. The average molecular weight is 258 g/mol. The highest BCUT2D eigenvalue weighted by atomic mass is 16.3. The summed E-state index contributed by atoms with van der Waals surface area (Å²) in [5.74, 6) is 1.92. The number of H-pyrrole nitrogens is 1. The van der Waals surface area contributed by atoms with E-state index in [0.29, 0.717) is 6.04 Å². The molecular formula is C15H18N2O2. The molecule has 4 heteroatoms. The average Bonchev–Trinajstić information content (AvgIpc) is 2.82. The maximum Gasteiger partial charge on any atom is 0.248 e. The van der Waals surface area contributed by atoms with Crippen molar-refractivity contribution in [2.24, 2.45) is 0 Å². The lowest BCUT2D eigenvalue weighted by Crippen LogP contribution is -2.35. The molecule has 1 atom stereocenters. The molecule has 100 valence electrons. The monoisotopic (exact) mass is 258 g/mol. The van der Waals surface area contributed by atoms with Gasteiger partial charge in [-0.25, -0.2) is 0 Å². The van der Waals surface area contributed by atoms with Crippen molar-refractivity contribution < 1.29 is 4.42 Å². The summed E-state index contributed by atoms with van der Waals surface area (Å²) >= 11 is 0. The van der Waals surface area contributed by atoms with E-state index in [1.807, 2.05) is 25.1 Å². The normalized spacial score (nSPS) is 18.3. The Bertz CT molecular complexity index is 627. The number of hydrogen-bond acceptors (Lipinski definition) is 3. The second-order valence-electron chi connectivity index (χ2n) is 5.16. The van der Waals surface area contributed by atoms with Gasteiger partial charge in [0.15, 0.2) is 0 Å².